The molecule has 0 aliphatic heterocycles. The quantitative estimate of drug-likeness (QED) is 0.674. The molecular formula is C19H22N2O6S. The van der Waals surface area contributed by atoms with Gasteiger partial charge in [-0.1, -0.05) is 12.1 Å². The number of para-hydroxylation sites is 1. The number of anilines is 1. The molecule has 2 aromatic carbocycles. The molecule has 150 valence electrons. The van der Waals surface area contributed by atoms with E-state index >= 15 is 0 Å². The van der Waals surface area contributed by atoms with Crippen LogP contribution in [0.1, 0.15) is 17.3 Å². The van der Waals surface area contributed by atoms with Crippen molar-refractivity contribution in [1.82, 2.24) is 4.90 Å². The number of sulfonamides is 1. The predicted octanol–water partition coefficient (Wildman–Crippen LogP) is 2.13. The highest BCUT2D eigenvalue weighted by Gasteiger charge is 2.20. The molecule has 0 aromatic heterocycles. The number of hydrogen-bond donors (Lipinski definition) is 1. The van der Waals surface area contributed by atoms with Crippen LogP contribution in [0.25, 0.3) is 0 Å². The van der Waals surface area contributed by atoms with Gasteiger partial charge >= 0.3 is 5.97 Å². The fraction of sp³-hybridized carbons (Fsp3) is 0.263. The summed E-state index contributed by atoms with van der Waals surface area (Å²) in [5, 5.41) is 0. The summed E-state index contributed by atoms with van der Waals surface area (Å²) in [7, 11) is -0.861. The van der Waals surface area contributed by atoms with Gasteiger partial charge in [-0.2, -0.15) is 0 Å². The first kappa shape index (κ1) is 21.2. The van der Waals surface area contributed by atoms with E-state index < -0.39 is 22.6 Å². The minimum atomic E-state index is -3.93. The molecule has 0 spiro atoms. The Hall–Kier alpha value is -3.07. The van der Waals surface area contributed by atoms with Gasteiger partial charge in [0.15, 0.2) is 6.61 Å². The standard InChI is InChI=1S/C19H22N2O6S/c1-4-26-14-9-11-15(12-10-14)28(24,25)20-17-8-6-5-7-16(17)19(23)27-13-18(22)21(2)3/h5-12,20H,4,13H2,1-3H3. The van der Waals surface area contributed by atoms with E-state index in [1.165, 1.54) is 43.3 Å². The number of ether oxygens (including phenoxy) is 2. The fourth-order valence-electron chi connectivity index (χ4n) is 2.17. The molecule has 0 fully saturated rings. The molecule has 28 heavy (non-hydrogen) atoms. The third-order valence-corrected chi connectivity index (χ3v) is 5.04. The van der Waals surface area contributed by atoms with Crippen LogP contribution in [0, 0.1) is 0 Å². The molecule has 0 unspecified atom stereocenters. The normalized spacial score (nSPS) is 10.8. The van der Waals surface area contributed by atoms with Crippen LogP contribution in [0.2, 0.25) is 0 Å². The second kappa shape index (κ2) is 9.23. The predicted molar refractivity (Wildman–Crippen MR) is 104 cm³/mol. The molecule has 8 nitrogen and oxygen atoms in total. The molecule has 2 rings (SSSR count). The number of rotatable bonds is 8. The summed E-state index contributed by atoms with van der Waals surface area (Å²) in [5.74, 6) is -0.642. The molecule has 9 heteroatoms. The van der Waals surface area contributed by atoms with Gasteiger partial charge in [0.25, 0.3) is 15.9 Å². The number of likely N-dealkylation sites (N-methyl/N-ethyl adjacent to an activating group) is 1. The highest BCUT2D eigenvalue weighted by Crippen LogP contribution is 2.22. The lowest BCUT2D eigenvalue weighted by atomic mass is 10.2. The third-order valence-electron chi connectivity index (χ3n) is 3.66. The van der Waals surface area contributed by atoms with Gasteiger partial charge in [0.1, 0.15) is 5.75 Å². The summed E-state index contributed by atoms with van der Waals surface area (Å²) in [4.78, 5) is 25.2. The molecule has 0 saturated carbocycles. The van der Waals surface area contributed by atoms with E-state index in [4.69, 9.17) is 9.47 Å². The van der Waals surface area contributed by atoms with Crippen LogP contribution in [0.4, 0.5) is 5.69 Å². The van der Waals surface area contributed by atoms with Crippen LogP contribution in [-0.2, 0) is 19.6 Å². The Labute approximate surface area is 164 Å². The van der Waals surface area contributed by atoms with Crippen molar-refractivity contribution in [3.63, 3.8) is 0 Å². The molecule has 0 heterocycles. The van der Waals surface area contributed by atoms with Gasteiger partial charge < -0.3 is 14.4 Å². The number of esters is 1. The van der Waals surface area contributed by atoms with Gasteiger partial charge in [-0.15, -0.1) is 0 Å². The van der Waals surface area contributed by atoms with E-state index in [1.807, 2.05) is 6.92 Å². The maximum Gasteiger partial charge on any atom is 0.340 e. The van der Waals surface area contributed by atoms with Crippen molar-refractivity contribution in [2.75, 3.05) is 32.0 Å². The Balaban J connectivity index is 2.19. The maximum absolute atomic E-state index is 12.6. The lowest BCUT2D eigenvalue weighted by Gasteiger charge is -2.14. The zero-order valence-corrected chi connectivity index (χ0v) is 16.7. The van der Waals surface area contributed by atoms with Gasteiger partial charge in [-0.3, -0.25) is 9.52 Å². The Morgan fingerprint density at radius 2 is 1.68 bits per heavy atom. The minimum absolute atomic E-state index is 0.00330. The molecule has 0 aliphatic rings. The number of nitrogens with zero attached hydrogens (tertiary/aromatic N) is 1. The van der Waals surface area contributed by atoms with Gasteiger partial charge in [-0.05, 0) is 43.3 Å². The molecular weight excluding hydrogens is 384 g/mol. The van der Waals surface area contributed by atoms with E-state index in [9.17, 15) is 18.0 Å². The van der Waals surface area contributed by atoms with Gasteiger partial charge in [0, 0.05) is 14.1 Å². The number of amides is 1. The van der Waals surface area contributed by atoms with Crippen molar-refractivity contribution in [3.05, 3.63) is 54.1 Å². The average molecular weight is 406 g/mol. The van der Waals surface area contributed by atoms with Crippen LogP contribution < -0.4 is 9.46 Å². The van der Waals surface area contributed by atoms with Crippen molar-refractivity contribution < 1.29 is 27.5 Å². The highest BCUT2D eigenvalue weighted by molar-refractivity contribution is 7.92. The largest absolute Gasteiger partial charge is 0.494 e. The van der Waals surface area contributed by atoms with E-state index in [2.05, 4.69) is 4.72 Å². The fourth-order valence-corrected chi connectivity index (χ4v) is 3.25. The van der Waals surface area contributed by atoms with Crippen molar-refractivity contribution in [1.29, 1.82) is 0 Å². The number of carbonyl (C=O) groups excluding carboxylic acids is 2. The monoisotopic (exact) mass is 406 g/mol. The van der Waals surface area contributed by atoms with Crippen molar-refractivity contribution in [3.8, 4) is 5.75 Å². The Morgan fingerprint density at radius 1 is 1.04 bits per heavy atom. The second-order valence-electron chi connectivity index (χ2n) is 5.92. The molecule has 0 bridgehead atoms. The van der Waals surface area contributed by atoms with Gasteiger partial charge in [0.2, 0.25) is 0 Å². The number of hydrogen-bond acceptors (Lipinski definition) is 6. The molecule has 0 atom stereocenters. The Morgan fingerprint density at radius 3 is 2.29 bits per heavy atom. The zero-order valence-electron chi connectivity index (χ0n) is 15.8. The van der Waals surface area contributed by atoms with E-state index in [1.54, 1.807) is 24.3 Å². The first-order chi connectivity index (χ1) is 13.2. The van der Waals surface area contributed by atoms with E-state index in [-0.39, 0.29) is 22.1 Å². The number of carbonyl (C=O) groups is 2. The van der Waals surface area contributed by atoms with Crippen molar-refractivity contribution in [2.45, 2.75) is 11.8 Å². The van der Waals surface area contributed by atoms with Gasteiger partial charge in [-0.25, -0.2) is 13.2 Å². The summed E-state index contributed by atoms with van der Waals surface area (Å²) >= 11 is 0. The summed E-state index contributed by atoms with van der Waals surface area (Å²) in [6.07, 6.45) is 0. The zero-order chi connectivity index (χ0) is 20.7. The molecule has 0 radical (unpaired) electrons. The lowest BCUT2D eigenvalue weighted by Crippen LogP contribution is -2.27. The first-order valence-electron chi connectivity index (χ1n) is 8.46. The second-order valence-corrected chi connectivity index (χ2v) is 7.60. The highest BCUT2D eigenvalue weighted by atomic mass is 32.2. The van der Waals surface area contributed by atoms with Crippen LogP contribution in [-0.4, -0.2) is 52.5 Å². The topological polar surface area (TPSA) is 102 Å². The van der Waals surface area contributed by atoms with Crippen molar-refractivity contribution in [2.24, 2.45) is 0 Å². The third kappa shape index (κ3) is 5.46. The van der Waals surface area contributed by atoms with Crippen LogP contribution >= 0.6 is 0 Å². The molecule has 2 aromatic rings. The van der Waals surface area contributed by atoms with Crippen LogP contribution in [0.15, 0.2) is 53.4 Å². The van der Waals surface area contributed by atoms with Crippen LogP contribution in [0.5, 0.6) is 5.75 Å². The minimum Gasteiger partial charge on any atom is -0.494 e. The average Bonchev–Trinajstić information content (AvgIpc) is 2.66. The van der Waals surface area contributed by atoms with E-state index in [0.717, 1.165) is 0 Å². The number of nitrogens with one attached hydrogen (secondary N) is 1. The summed E-state index contributed by atoms with van der Waals surface area (Å²) in [6, 6.07) is 11.9. The summed E-state index contributed by atoms with van der Waals surface area (Å²) < 4.78 is 37.9. The summed E-state index contributed by atoms with van der Waals surface area (Å²) in [6.45, 7) is 1.86. The first-order valence-corrected chi connectivity index (χ1v) is 9.95. The summed E-state index contributed by atoms with van der Waals surface area (Å²) in [5.41, 5.74) is 0.0576. The maximum atomic E-state index is 12.6. The SMILES string of the molecule is CCOc1ccc(S(=O)(=O)Nc2ccccc2C(=O)OCC(=O)N(C)C)cc1. The van der Waals surface area contributed by atoms with Gasteiger partial charge in [0.05, 0.1) is 22.8 Å². The van der Waals surface area contributed by atoms with Crippen molar-refractivity contribution >= 4 is 27.6 Å². The molecule has 0 aliphatic carbocycles. The molecule has 1 amide bonds. The van der Waals surface area contributed by atoms with E-state index in [0.29, 0.717) is 12.4 Å². The van der Waals surface area contributed by atoms with Crippen LogP contribution in [0.3, 0.4) is 0 Å². The smallest absolute Gasteiger partial charge is 0.340 e. The molecule has 1 N–H and O–H groups in total. The Kier molecular flexibility index (Phi) is 7.00. The molecule has 0 saturated heterocycles. The lowest BCUT2D eigenvalue weighted by molar-refractivity contribution is -0.131. The number of benzene rings is 2. The Bertz CT molecular complexity index is 939.